The first kappa shape index (κ1) is 21.2. The van der Waals surface area contributed by atoms with Crippen LogP contribution in [0.5, 0.6) is 5.75 Å². The van der Waals surface area contributed by atoms with Crippen LogP contribution in [-0.4, -0.2) is 27.5 Å². The number of carbonyl (C=O) groups is 1. The van der Waals surface area contributed by atoms with E-state index >= 15 is 0 Å². The van der Waals surface area contributed by atoms with Crippen molar-refractivity contribution in [3.63, 3.8) is 0 Å². The van der Waals surface area contributed by atoms with Crippen LogP contribution in [0.2, 0.25) is 0 Å². The van der Waals surface area contributed by atoms with Crippen LogP contribution in [-0.2, 0) is 14.8 Å². The summed E-state index contributed by atoms with van der Waals surface area (Å²) in [5.74, 6) is 0.694. The Labute approximate surface area is 172 Å². The van der Waals surface area contributed by atoms with Crippen molar-refractivity contribution in [2.75, 3.05) is 17.5 Å². The average Bonchev–Trinajstić information content (AvgIpc) is 2.74. The third-order valence-corrected chi connectivity index (χ3v) is 7.07. The number of anilines is 1. The second kappa shape index (κ2) is 9.78. The second-order valence-corrected chi connectivity index (χ2v) is 9.28. The van der Waals surface area contributed by atoms with Crippen molar-refractivity contribution >= 4 is 21.6 Å². The van der Waals surface area contributed by atoms with E-state index in [4.69, 9.17) is 10.5 Å². The number of hydrogen-bond donors (Lipinski definition) is 1. The summed E-state index contributed by atoms with van der Waals surface area (Å²) >= 11 is 0. The first-order valence-electron chi connectivity index (χ1n) is 10.1. The number of rotatable bonds is 9. The lowest BCUT2D eigenvalue weighted by atomic mass is 9.90. The van der Waals surface area contributed by atoms with Crippen molar-refractivity contribution in [3.05, 3.63) is 54.6 Å². The zero-order valence-corrected chi connectivity index (χ0v) is 17.3. The molecule has 0 bridgehead atoms. The molecule has 6 nitrogen and oxygen atoms in total. The van der Waals surface area contributed by atoms with E-state index in [9.17, 15) is 13.2 Å². The van der Waals surface area contributed by atoms with Crippen LogP contribution in [0, 0.1) is 5.92 Å². The van der Waals surface area contributed by atoms with Gasteiger partial charge in [0.15, 0.2) is 0 Å². The van der Waals surface area contributed by atoms with E-state index in [1.807, 2.05) is 0 Å². The molecule has 0 atom stereocenters. The van der Waals surface area contributed by atoms with Crippen LogP contribution in [0.4, 0.5) is 5.69 Å². The topological polar surface area (TPSA) is 89.7 Å². The number of hydrogen-bond acceptors (Lipinski definition) is 4. The van der Waals surface area contributed by atoms with Gasteiger partial charge >= 0.3 is 0 Å². The highest BCUT2D eigenvalue weighted by atomic mass is 32.2. The maximum atomic E-state index is 13.2. The van der Waals surface area contributed by atoms with Crippen LogP contribution in [0.15, 0.2) is 59.5 Å². The zero-order valence-electron chi connectivity index (χ0n) is 16.5. The average molecular weight is 417 g/mol. The van der Waals surface area contributed by atoms with E-state index in [1.54, 1.807) is 54.6 Å². The number of nitrogens with two attached hydrogens (primary N) is 1. The fourth-order valence-electron chi connectivity index (χ4n) is 3.60. The highest BCUT2D eigenvalue weighted by Crippen LogP contribution is 2.27. The maximum Gasteiger partial charge on any atom is 0.264 e. The summed E-state index contributed by atoms with van der Waals surface area (Å²) in [5, 5.41) is 0. The summed E-state index contributed by atoms with van der Waals surface area (Å²) in [6.07, 6.45) is 6.14. The van der Waals surface area contributed by atoms with Gasteiger partial charge in [-0.25, -0.2) is 8.42 Å². The molecule has 0 heterocycles. The van der Waals surface area contributed by atoms with E-state index in [2.05, 4.69) is 0 Å². The molecule has 0 aliphatic heterocycles. The molecule has 7 heteroatoms. The van der Waals surface area contributed by atoms with E-state index in [0.717, 1.165) is 0 Å². The maximum absolute atomic E-state index is 13.2. The summed E-state index contributed by atoms with van der Waals surface area (Å²) < 4.78 is 33.5. The molecule has 156 valence electrons. The minimum Gasteiger partial charge on any atom is -0.493 e. The molecule has 0 spiro atoms. The Bertz CT molecular complexity index is 892. The number of amides is 1. The summed E-state index contributed by atoms with van der Waals surface area (Å²) in [5.41, 5.74) is 5.73. The van der Waals surface area contributed by atoms with Crippen molar-refractivity contribution in [1.29, 1.82) is 0 Å². The minimum atomic E-state index is -3.83. The summed E-state index contributed by atoms with van der Waals surface area (Å²) in [4.78, 5) is 11.4. The third kappa shape index (κ3) is 5.73. The smallest absolute Gasteiger partial charge is 0.264 e. The summed E-state index contributed by atoms with van der Waals surface area (Å²) in [7, 11) is -3.83. The summed E-state index contributed by atoms with van der Waals surface area (Å²) in [6.45, 7) is 0.655. The SMILES string of the molecule is NC(=O)CCN(c1ccccc1)S(=O)(=O)c1ccc(OCC2CCCCC2)cc1. The fraction of sp³-hybridized carbons (Fsp3) is 0.409. The number of ether oxygens (including phenoxy) is 1. The zero-order chi connectivity index (χ0) is 20.7. The lowest BCUT2D eigenvalue weighted by molar-refractivity contribution is -0.117. The Morgan fingerprint density at radius 2 is 1.66 bits per heavy atom. The molecule has 2 aromatic carbocycles. The molecule has 0 radical (unpaired) electrons. The summed E-state index contributed by atoms with van der Waals surface area (Å²) in [6, 6.07) is 15.2. The minimum absolute atomic E-state index is 0.0123. The van der Waals surface area contributed by atoms with Crippen LogP contribution in [0.25, 0.3) is 0 Å². The fourth-order valence-corrected chi connectivity index (χ4v) is 5.06. The lowest BCUT2D eigenvalue weighted by Crippen LogP contribution is -2.34. The number of nitrogens with zero attached hydrogens (tertiary/aromatic N) is 1. The second-order valence-electron chi connectivity index (χ2n) is 7.42. The third-order valence-electron chi connectivity index (χ3n) is 5.23. The molecule has 2 aromatic rings. The molecular formula is C22H28N2O4S. The molecule has 1 aliphatic carbocycles. The monoisotopic (exact) mass is 416 g/mol. The number of primary amides is 1. The van der Waals surface area contributed by atoms with E-state index in [-0.39, 0.29) is 17.9 Å². The van der Waals surface area contributed by atoms with Gasteiger partial charge in [0.25, 0.3) is 10.0 Å². The molecule has 3 rings (SSSR count). The molecular weight excluding hydrogens is 388 g/mol. The molecule has 1 fully saturated rings. The predicted octanol–water partition coefficient (Wildman–Crippen LogP) is 3.72. The molecule has 29 heavy (non-hydrogen) atoms. The first-order chi connectivity index (χ1) is 14.0. The Morgan fingerprint density at radius 1 is 1.00 bits per heavy atom. The van der Waals surface area contributed by atoms with Gasteiger partial charge in [-0.15, -0.1) is 0 Å². The Morgan fingerprint density at radius 3 is 2.28 bits per heavy atom. The van der Waals surface area contributed by atoms with Crippen LogP contribution in [0.1, 0.15) is 38.5 Å². The Kier molecular flexibility index (Phi) is 7.14. The predicted molar refractivity (Wildman–Crippen MR) is 113 cm³/mol. The van der Waals surface area contributed by atoms with Gasteiger partial charge in [-0.3, -0.25) is 9.10 Å². The number of carbonyl (C=O) groups excluding carboxylic acids is 1. The van der Waals surface area contributed by atoms with E-state index in [0.29, 0.717) is 24.0 Å². The van der Waals surface area contributed by atoms with E-state index in [1.165, 1.54) is 36.4 Å². The van der Waals surface area contributed by atoms with Gasteiger partial charge in [0, 0.05) is 13.0 Å². The molecule has 0 unspecified atom stereocenters. The van der Waals surface area contributed by atoms with Crippen molar-refractivity contribution in [2.45, 2.75) is 43.4 Å². The number of benzene rings is 2. The van der Waals surface area contributed by atoms with Gasteiger partial charge in [0.05, 0.1) is 17.2 Å². The van der Waals surface area contributed by atoms with Gasteiger partial charge in [0.1, 0.15) is 5.75 Å². The molecule has 1 amide bonds. The quantitative estimate of drug-likeness (QED) is 0.675. The molecule has 2 N–H and O–H groups in total. The van der Waals surface area contributed by atoms with E-state index < -0.39 is 15.9 Å². The van der Waals surface area contributed by atoms with Crippen molar-refractivity contribution in [3.8, 4) is 5.75 Å². The van der Waals surface area contributed by atoms with Gasteiger partial charge in [-0.05, 0) is 55.2 Å². The molecule has 0 saturated heterocycles. The number of para-hydroxylation sites is 1. The van der Waals surface area contributed by atoms with Gasteiger partial charge in [-0.1, -0.05) is 37.5 Å². The van der Waals surface area contributed by atoms with Gasteiger partial charge in [0.2, 0.25) is 5.91 Å². The highest BCUT2D eigenvalue weighted by molar-refractivity contribution is 7.92. The van der Waals surface area contributed by atoms with Crippen molar-refractivity contribution in [1.82, 2.24) is 0 Å². The van der Waals surface area contributed by atoms with Crippen LogP contribution >= 0.6 is 0 Å². The largest absolute Gasteiger partial charge is 0.493 e. The van der Waals surface area contributed by atoms with Gasteiger partial charge < -0.3 is 10.5 Å². The van der Waals surface area contributed by atoms with Crippen molar-refractivity contribution in [2.24, 2.45) is 11.7 Å². The standard InChI is InChI=1S/C22H28N2O4S/c23-22(25)15-16-24(19-9-5-2-6-10-19)29(26,27)21-13-11-20(12-14-21)28-17-18-7-3-1-4-8-18/h2,5-6,9-14,18H,1,3-4,7-8,15-17H2,(H2,23,25). The lowest BCUT2D eigenvalue weighted by Gasteiger charge is -2.24. The van der Waals surface area contributed by atoms with Gasteiger partial charge in [-0.2, -0.15) is 0 Å². The number of sulfonamides is 1. The van der Waals surface area contributed by atoms with Crippen molar-refractivity contribution < 1.29 is 17.9 Å². The normalized spacial score (nSPS) is 15.0. The Balaban J connectivity index is 1.74. The first-order valence-corrected chi connectivity index (χ1v) is 11.5. The molecule has 1 saturated carbocycles. The van der Waals surface area contributed by atoms with Crippen LogP contribution in [0.3, 0.4) is 0 Å². The molecule has 1 aliphatic rings. The van der Waals surface area contributed by atoms with Crippen LogP contribution < -0.4 is 14.8 Å². The Hall–Kier alpha value is -2.54. The highest BCUT2D eigenvalue weighted by Gasteiger charge is 2.25. The molecule has 0 aromatic heterocycles.